The summed E-state index contributed by atoms with van der Waals surface area (Å²) in [6, 6.07) is 2.43. The van der Waals surface area contributed by atoms with Crippen LogP contribution in [0.25, 0.3) is 0 Å². The van der Waals surface area contributed by atoms with Crippen LogP contribution in [0.15, 0.2) is 18.2 Å². The van der Waals surface area contributed by atoms with Crippen molar-refractivity contribution in [1.82, 2.24) is 15.3 Å². The highest BCUT2D eigenvalue weighted by Crippen LogP contribution is 2.21. The number of rotatable bonds is 6. The Balaban J connectivity index is 1.90. The summed E-state index contributed by atoms with van der Waals surface area (Å²) < 4.78 is 18.6. The number of ether oxygens (including phenoxy) is 1. The highest BCUT2D eigenvalue weighted by molar-refractivity contribution is 6.30. The summed E-state index contributed by atoms with van der Waals surface area (Å²) in [6.07, 6.45) is -0.638. The van der Waals surface area contributed by atoms with Crippen molar-refractivity contribution in [3.8, 4) is 5.75 Å². The fraction of sp³-hybridized carbons (Fsp3) is 0.471. The number of hydroxylamine groups is 2. The van der Waals surface area contributed by atoms with Crippen molar-refractivity contribution in [2.45, 2.75) is 24.9 Å². The lowest BCUT2D eigenvalue weighted by molar-refractivity contribution is -0.175. The smallest absolute Gasteiger partial charge is 0.408 e. The molecule has 1 saturated heterocycles. The average Bonchev–Trinajstić information content (AvgIpc) is 2.67. The minimum absolute atomic E-state index is 0.0510. The zero-order valence-electron chi connectivity index (χ0n) is 15.4. The fourth-order valence-corrected chi connectivity index (χ4v) is 2.96. The van der Waals surface area contributed by atoms with E-state index in [1.807, 2.05) is 0 Å². The fourth-order valence-electron chi connectivity index (χ4n) is 2.84. The van der Waals surface area contributed by atoms with E-state index in [1.165, 1.54) is 26.3 Å². The molecule has 9 nitrogen and oxygen atoms in total. The highest BCUT2D eigenvalue weighted by atomic mass is 35.5. The SMILES string of the molecule is CON(C)C(=O)[C@H]1CC[C@H](NC(=O)COc2ccc(Cl)c(F)c2)CN1C(=O)O. The molecule has 0 saturated carbocycles. The van der Waals surface area contributed by atoms with E-state index in [4.69, 9.17) is 21.2 Å². The zero-order valence-corrected chi connectivity index (χ0v) is 16.1. The summed E-state index contributed by atoms with van der Waals surface area (Å²) in [6.45, 7) is -0.427. The molecule has 2 atom stereocenters. The summed E-state index contributed by atoms with van der Waals surface area (Å²) in [5.74, 6) is -1.51. The summed E-state index contributed by atoms with van der Waals surface area (Å²) in [4.78, 5) is 41.6. The Morgan fingerprint density at radius 2 is 2.11 bits per heavy atom. The minimum Gasteiger partial charge on any atom is -0.484 e. The molecule has 1 aliphatic rings. The normalized spacial score (nSPS) is 19.1. The number of amides is 3. The summed E-state index contributed by atoms with van der Waals surface area (Å²) in [5, 5.41) is 13.0. The number of nitrogens with zero attached hydrogens (tertiary/aromatic N) is 2. The molecule has 0 aliphatic carbocycles. The quantitative estimate of drug-likeness (QED) is 0.679. The Bertz CT molecular complexity index is 750. The van der Waals surface area contributed by atoms with Crippen LogP contribution in [0.5, 0.6) is 5.75 Å². The van der Waals surface area contributed by atoms with E-state index in [-0.39, 0.29) is 30.3 Å². The number of halogens is 2. The van der Waals surface area contributed by atoms with Gasteiger partial charge >= 0.3 is 6.09 Å². The van der Waals surface area contributed by atoms with Gasteiger partial charge < -0.3 is 15.2 Å². The van der Waals surface area contributed by atoms with Gasteiger partial charge in [-0.25, -0.2) is 14.2 Å². The highest BCUT2D eigenvalue weighted by Gasteiger charge is 2.38. The van der Waals surface area contributed by atoms with Crippen LogP contribution in [-0.4, -0.2) is 72.4 Å². The number of carboxylic acid groups (broad SMARTS) is 1. The van der Waals surface area contributed by atoms with Gasteiger partial charge in [0.2, 0.25) is 0 Å². The second-order valence-electron chi connectivity index (χ2n) is 6.18. The van der Waals surface area contributed by atoms with Crippen molar-refractivity contribution in [2.75, 3.05) is 27.3 Å². The molecule has 1 fully saturated rings. The predicted molar refractivity (Wildman–Crippen MR) is 96.4 cm³/mol. The van der Waals surface area contributed by atoms with Crippen LogP contribution >= 0.6 is 11.6 Å². The first-order valence-electron chi connectivity index (χ1n) is 8.41. The van der Waals surface area contributed by atoms with E-state index in [9.17, 15) is 23.9 Å². The number of nitrogens with one attached hydrogen (secondary N) is 1. The molecule has 154 valence electrons. The monoisotopic (exact) mass is 417 g/mol. The van der Waals surface area contributed by atoms with Crippen LogP contribution in [0.3, 0.4) is 0 Å². The van der Waals surface area contributed by atoms with Gasteiger partial charge in [0, 0.05) is 25.7 Å². The third-order valence-corrected chi connectivity index (χ3v) is 4.63. The first kappa shape index (κ1) is 21.7. The van der Waals surface area contributed by atoms with Crippen molar-refractivity contribution >= 4 is 29.5 Å². The van der Waals surface area contributed by atoms with Gasteiger partial charge in [-0.15, -0.1) is 0 Å². The van der Waals surface area contributed by atoms with Gasteiger partial charge in [0.15, 0.2) is 6.61 Å². The second kappa shape index (κ2) is 9.56. The molecule has 1 aromatic carbocycles. The van der Waals surface area contributed by atoms with Crippen LogP contribution in [0.4, 0.5) is 9.18 Å². The van der Waals surface area contributed by atoms with Crippen molar-refractivity contribution in [3.05, 3.63) is 29.0 Å². The van der Waals surface area contributed by atoms with Crippen molar-refractivity contribution in [2.24, 2.45) is 0 Å². The molecular weight excluding hydrogens is 397 g/mol. The Morgan fingerprint density at radius 1 is 1.39 bits per heavy atom. The molecule has 0 radical (unpaired) electrons. The van der Waals surface area contributed by atoms with Gasteiger partial charge in [-0.2, -0.15) is 0 Å². The van der Waals surface area contributed by atoms with Gasteiger partial charge in [0.25, 0.3) is 11.8 Å². The average molecular weight is 418 g/mol. The molecule has 0 unspecified atom stereocenters. The van der Waals surface area contributed by atoms with Crippen LogP contribution in [0, 0.1) is 5.82 Å². The largest absolute Gasteiger partial charge is 0.484 e. The Labute approximate surface area is 165 Å². The zero-order chi connectivity index (χ0) is 20.8. The van der Waals surface area contributed by atoms with Gasteiger partial charge in [0.1, 0.15) is 17.6 Å². The van der Waals surface area contributed by atoms with Crippen molar-refractivity contribution in [3.63, 3.8) is 0 Å². The number of carbonyl (C=O) groups excluding carboxylic acids is 2. The van der Waals surface area contributed by atoms with E-state index in [1.54, 1.807) is 0 Å². The molecule has 0 aromatic heterocycles. The second-order valence-corrected chi connectivity index (χ2v) is 6.58. The van der Waals surface area contributed by atoms with E-state index in [0.717, 1.165) is 16.0 Å². The van der Waals surface area contributed by atoms with Crippen molar-refractivity contribution in [1.29, 1.82) is 0 Å². The lowest BCUT2D eigenvalue weighted by atomic mass is 9.98. The predicted octanol–water partition coefficient (Wildman–Crippen LogP) is 1.50. The van der Waals surface area contributed by atoms with Crippen LogP contribution in [0.2, 0.25) is 5.02 Å². The first-order valence-corrected chi connectivity index (χ1v) is 8.79. The molecule has 1 aromatic rings. The number of benzene rings is 1. The molecule has 0 bridgehead atoms. The van der Waals surface area contributed by atoms with E-state index in [2.05, 4.69) is 5.32 Å². The molecule has 11 heteroatoms. The topological polar surface area (TPSA) is 108 Å². The molecule has 28 heavy (non-hydrogen) atoms. The molecule has 2 N–H and O–H groups in total. The lowest BCUT2D eigenvalue weighted by Gasteiger charge is -2.38. The number of carbonyl (C=O) groups is 3. The van der Waals surface area contributed by atoms with Crippen LogP contribution < -0.4 is 10.1 Å². The first-order chi connectivity index (χ1) is 13.2. The number of piperidine rings is 1. The van der Waals surface area contributed by atoms with Gasteiger partial charge in [-0.05, 0) is 25.0 Å². The van der Waals surface area contributed by atoms with Crippen LogP contribution in [0.1, 0.15) is 12.8 Å². The molecule has 0 spiro atoms. The summed E-state index contributed by atoms with van der Waals surface area (Å²) in [5.41, 5.74) is 0. The molecule has 1 aliphatic heterocycles. The Kier molecular flexibility index (Phi) is 7.41. The lowest BCUT2D eigenvalue weighted by Crippen LogP contribution is -2.58. The van der Waals surface area contributed by atoms with Crippen LogP contribution in [-0.2, 0) is 14.4 Å². The summed E-state index contributed by atoms with van der Waals surface area (Å²) >= 11 is 5.58. The Hall–Kier alpha value is -2.59. The Morgan fingerprint density at radius 3 is 2.71 bits per heavy atom. The third-order valence-electron chi connectivity index (χ3n) is 4.32. The van der Waals surface area contributed by atoms with Crippen molar-refractivity contribution < 1.29 is 33.5 Å². The standard InChI is InChI=1S/C17H21ClFN3O6/c1-21(27-2)16(24)14-6-3-10(8-22(14)17(25)26)20-15(23)9-28-11-4-5-12(18)13(19)7-11/h4-5,7,10,14H,3,6,8-9H2,1-2H3,(H,20,23)(H,25,26)/t10-,14+/m0/s1. The van der Waals surface area contributed by atoms with Gasteiger partial charge in [-0.3, -0.25) is 19.3 Å². The molecule has 1 heterocycles. The molecule has 3 amide bonds. The maximum Gasteiger partial charge on any atom is 0.408 e. The van der Waals surface area contributed by atoms with E-state index in [0.29, 0.717) is 6.42 Å². The molecule has 2 rings (SSSR count). The number of hydrogen-bond donors (Lipinski definition) is 2. The van der Waals surface area contributed by atoms with Gasteiger partial charge in [0.05, 0.1) is 12.1 Å². The molecular formula is C17H21ClFN3O6. The van der Waals surface area contributed by atoms with Gasteiger partial charge in [-0.1, -0.05) is 11.6 Å². The maximum absolute atomic E-state index is 13.4. The number of likely N-dealkylation sites (N-methyl/N-ethyl adjacent to an activating group) is 1. The van der Waals surface area contributed by atoms with E-state index >= 15 is 0 Å². The van der Waals surface area contributed by atoms with E-state index < -0.39 is 35.8 Å². The minimum atomic E-state index is -1.27. The summed E-state index contributed by atoms with van der Waals surface area (Å²) in [7, 11) is 2.70. The number of likely N-dealkylation sites (tertiary alicyclic amines) is 1. The third kappa shape index (κ3) is 5.46. The number of hydrogen-bond acceptors (Lipinski definition) is 5. The maximum atomic E-state index is 13.4.